The normalized spacial score (nSPS) is 13.5. The van der Waals surface area contributed by atoms with E-state index in [2.05, 4.69) is 15.9 Å². The number of anilines is 1. The maximum absolute atomic E-state index is 12.4. The van der Waals surface area contributed by atoms with E-state index in [1.165, 1.54) is 4.90 Å². The second-order valence-corrected chi connectivity index (χ2v) is 4.87. The molecule has 0 saturated heterocycles. The molecule has 0 aromatic heterocycles. The van der Waals surface area contributed by atoms with Gasteiger partial charge in [0, 0.05) is 11.0 Å². The van der Waals surface area contributed by atoms with Crippen LogP contribution in [0.2, 0.25) is 0 Å². The fourth-order valence-corrected chi connectivity index (χ4v) is 2.27. The Bertz CT molecular complexity index is 407. The van der Waals surface area contributed by atoms with Gasteiger partial charge in [0.25, 0.3) is 0 Å². The maximum atomic E-state index is 12.4. The molecule has 0 aliphatic carbocycles. The lowest BCUT2D eigenvalue weighted by Crippen LogP contribution is -2.34. The van der Waals surface area contributed by atoms with Crippen LogP contribution in [0, 0.1) is 0 Å². The zero-order chi connectivity index (χ0) is 13.9. The lowest BCUT2D eigenvalue weighted by atomic mass is 10.1. The van der Waals surface area contributed by atoms with Gasteiger partial charge >= 0.3 is 6.18 Å². The van der Waals surface area contributed by atoms with Crippen LogP contribution in [-0.2, 0) is 0 Å². The molecule has 1 aromatic carbocycles. The molecule has 1 rings (SSSR count). The van der Waals surface area contributed by atoms with Crippen LogP contribution in [0.5, 0.6) is 0 Å². The molecule has 0 saturated carbocycles. The van der Waals surface area contributed by atoms with Gasteiger partial charge in [-0.2, -0.15) is 13.2 Å². The van der Waals surface area contributed by atoms with Crippen molar-refractivity contribution in [3.8, 4) is 0 Å². The minimum Gasteiger partial charge on any atom is -0.389 e. The Morgan fingerprint density at radius 2 is 2.00 bits per heavy atom. The highest BCUT2D eigenvalue weighted by Crippen LogP contribution is 2.31. The number of aliphatic hydroxyl groups is 1. The minimum absolute atomic E-state index is 0.256. The topological polar surface area (TPSA) is 23.5 Å². The summed E-state index contributed by atoms with van der Waals surface area (Å²) >= 11 is 3.24. The third-order valence-electron chi connectivity index (χ3n) is 2.55. The molecule has 0 radical (unpaired) electrons. The molecule has 18 heavy (non-hydrogen) atoms. The fourth-order valence-electron chi connectivity index (χ4n) is 1.62. The van der Waals surface area contributed by atoms with Gasteiger partial charge in [0.1, 0.15) is 6.54 Å². The van der Waals surface area contributed by atoms with Gasteiger partial charge in [-0.3, -0.25) is 0 Å². The first-order chi connectivity index (χ1) is 8.24. The second-order valence-electron chi connectivity index (χ2n) is 4.02. The van der Waals surface area contributed by atoms with E-state index < -0.39 is 18.8 Å². The third-order valence-corrected chi connectivity index (χ3v) is 3.18. The molecular weight excluding hydrogens is 311 g/mol. The monoisotopic (exact) mass is 325 g/mol. The van der Waals surface area contributed by atoms with E-state index >= 15 is 0 Å². The molecule has 0 heterocycles. The summed E-state index contributed by atoms with van der Waals surface area (Å²) in [5, 5.41) is 9.41. The SMILES string of the molecule is CCN(CC(F)(F)F)c1ccc([C@H](C)O)cc1Br. The second kappa shape index (κ2) is 5.93. The average molecular weight is 326 g/mol. The predicted octanol–water partition coefficient (Wildman–Crippen LogP) is 3.89. The van der Waals surface area contributed by atoms with Crippen molar-refractivity contribution in [3.05, 3.63) is 28.2 Å². The number of hydrogen-bond donors (Lipinski definition) is 1. The molecule has 0 aliphatic rings. The fraction of sp³-hybridized carbons (Fsp3) is 0.500. The van der Waals surface area contributed by atoms with Crippen LogP contribution in [-0.4, -0.2) is 24.4 Å². The van der Waals surface area contributed by atoms with E-state index in [9.17, 15) is 18.3 Å². The first kappa shape index (κ1) is 15.3. The average Bonchev–Trinajstić information content (AvgIpc) is 2.24. The molecule has 1 aromatic rings. The highest BCUT2D eigenvalue weighted by Gasteiger charge is 2.30. The van der Waals surface area contributed by atoms with Crippen LogP contribution in [0.3, 0.4) is 0 Å². The van der Waals surface area contributed by atoms with Crippen molar-refractivity contribution < 1.29 is 18.3 Å². The molecule has 0 fully saturated rings. The standard InChI is InChI=1S/C12H15BrF3NO/c1-3-17(7-12(14,15)16)11-5-4-9(8(2)18)6-10(11)13/h4-6,8,18H,3,7H2,1-2H3/t8-/m0/s1. The van der Waals surface area contributed by atoms with E-state index in [0.29, 0.717) is 15.7 Å². The van der Waals surface area contributed by atoms with Crippen LogP contribution in [0.1, 0.15) is 25.5 Å². The largest absolute Gasteiger partial charge is 0.405 e. The summed E-state index contributed by atoms with van der Waals surface area (Å²) in [5.41, 5.74) is 1.13. The van der Waals surface area contributed by atoms with Gasteiger partial charge in [-0.25, -0.2) is 0 Å². The first-order valence-electron chi connectivity index (χ1n) is 5.53. The van der Waals surface area contributed by atoms with Crippen molar-refractivity contribution >= 4 is 21.6 Å². The smallest absolute Gasteiger partial charge is 0.389 e. The predicted molar refractivity (Wildman–Crippen MR) is 68.7 cm³/mol. The van der Waals surface area contributed by atoms with E-state index in [1.807, 2.05) is 0 Å². The molecule has 0 amide bonds. The number of aliphatic hydroxyl groups excluding tert-OH is 1. The van der Waals surface area contributed by atoms with Crippen LogP contribution < -0.4 is 4.90 Å². The molecule has 6 heteroatoms. The minimum atomic E-state index is -4.24. The summed E-state index contributed by atoms with van der Waals surface area (Å²) in [6, 6.07) is 4.85. The molecule has 1 N–H and O–H groups in total. The van der Waals surface area contributed by atoms with Crippen LogP contribution >= 0.6 is 15.9 Å². The van der Waals surface area contributed by atoms with Crippen LogP contribution in [0.4, 0.5) is 18.9 Å². The highest BCUT2D eigenvalue weighted by molar-refractivity contribution is 9.10. The molecule has 0 bridgehead atoms. The number of benzene rings is 1. The van der Waals surface area contributed by atoms with Gasteiger partial charge in [0.05, 0.1) is 11.8 Å². The molecule has 0 aliphatic heterocycles. The molecule has 1 atom stereocenters. The van der Waals surface area contributed by atoms with Crippen LogP contribution in [0.25, 0.3) is 0 Å². The maximum Gasteiger partial charge on any atom is 0.405 e. The Morgan fingerprint density at radius 1 is 1.39 bits per heavy atom. The lowest BCUT2D eigenvalue weighted by Gasteiger charge is -2.26. The van der Waals surface area contributed by atoms with Crippen molar-refractivity contribution in [2.24, 2.45) is 0 Å². The van der Waals surface area contributed by atoms with E-state index in [0.717, 1.165) is 0 Å². The van der Waals surface area contributed by atoms with Crippen molar-refractivity contribution in [1.29, 1.82) is 0 Å². The molecule has 102 valence electrons. The zero-order valence-electron chi connectivity index (χ0n) is 10.1. The quantitative estimate of drug-likeness (QED) is 0.907. The number of alkyl halides is 3. The first-order valence-corrected chi connectivity index (χ1v) is 6.33. The van der Waals surface area contributed by atoms with Gasteiger partial charge in [-0.1, -0.05) is 6.07 Å². The van der Waals surface area contributed by atoms with Crippen molar-refractivity contribution in [2.75, 3.05) is 18.0 Å². The van der Waals surface area contributed by atoms with Gasteiger partial charge in [0.2, 0.25) is 0 Å². The summed E-state index contributed by atoms with van der Waals surface area (Å²) in [5.74, 6) is 0. The van der Waals surface area contributed by atoms with Crippen LogP contribution in [0.15, 0.2) is 22.7 Å². The third kappa shape index (κ3) is 4.17. The Balaban J connectivity index is 3.00. The molecular formula is C12H15BrF3NO. The van der Waals surface area contributed by atoms with E-state index in [1.54, 1.807) is 32.0 Å². The van der Waals surface area contributed by atoms with Gasteiger partial charge in [0.15, 0.2) is 0 Å². The Hall–Kier alpha value is -0.750. The molecule has 2 nitrogen and oxygen atoms in total. The number of hydrogen-bond acceptors (Lipinski definition) is 2. The summed E-state index contributed by atoms with van der Waals surface area (Å²) in [4.78, 5) is 1.23. The van der Waals surface area contributed by atoms with E-state index in [4.69, 9.17) is 0 Å². The number of nitrogens with zero attached hydrogens (tertiary/aromatic N) is 1. The summed E-state index contributed by atoms with van der Waals surface area (Å²) in [6.07, 6.45) is -4.88. The highest BCUT2D eigenvalue weighted by atomic mass is 79.9. The van der Waals surface area contributed by atoms with Gasteiger partial charge < -0.3 is 10.0 Å². The Morgan fingerprint density at radius 3 is 2.39 bits per heavy atom. The van der Waals surface area contributed by atoms with Crippen molar-refractivity contribution in [3.63, 3.8) is 0 Å². The van der Waals surface area contributed by atoms with Gasteiger partial charge in [-0.05, 0) is 47.5 Å². The summed E-state index contributed by atoms with van der Waals surface area (Å²) in [6.45, 7) is 2.54. The number of rotatable bonds is 4. The van der Waals surface area contributed by atoms with Crippen molar-refractivity contribution in [1.82, 2.24) is 0 Å². The van der Waals surface area contributed by atoms with E-state index in [-0.39, 0.29) is 6.54 Å². The zero-order valence-corrected chi connectivity index (χ0v) is 11.7. The molecule has 0 unspecified atom stereocenters. The van der Waals surface area contributed by atoms with Gasteiger partial charge in [-0.15, -0.1) is 0 Å². The summed E-state index contributed by atoms with van der Waals surface area (Å²) < 4.78 is 37.8. The molecule has 0 spiro atoms. The lowest BCUT2D eigenvalue weighted by molar-refractivity contribution is -0.119. The van der Waals surface area contributed by atoms with Crippen molar-refractivity contribution in [2.45, 2.75) is 26.1 Å². The Labute approximate surface area is 113 Å². The number of halogens is 4. The Kier molecular flexibility index (Phi) is 5.04. The summed E-state index contributed by atoms with van der Waals surface area (Å²) in [7, 11) is 0.